The molecule has 3 radical (unpaired) electrons. The van der Waals surface area contributed by atoms with Crippen LogP contribution in [0.2, 0.25) is 0 Å². The van der Waals surface area contributed by atoms with Crippen LogP contribution >= 0.6 is 7.92 Å². The number of benzene rings is 2. The molecule has 0 heterocycles. The zero-order chi connectivity index (χ0) is 13.0. The molecule has 2 aromatic carbocycles. The van der Waals surface area contributed by atoms with Crippen LogP contribution in [0, 0.1) is 0 Å². The lowest BCUT2D eigenvalue weighted by Gasteiger charge is -2.32. The van der Waals surface area contributed by atoms with Crippen LogP contribution in [0.25, 0.3) is 0 Å². The van der Waals surface area contributed by atoms with Gasteiger partial charge in [0, 0.05) is 8.41 Å². The molecule has 0 saturated carbocycles. The van der Waals surface area contributed by atoms with Crippen LogP contribution in [0.1, 0.15) is 26.3 Å². The molecule has 0 nitrogen and oxygen atoms in total. The first-order valence-corrected chi connectivity index (χ1v) is 7.97. The van der Waals surface area contributed by atoms with Gasteiger partial charge in [-0.1, -0.05) is 89.4 Å². The predicted octanol–water partition coefficient (Wildman–Crippen LogP) is 4.41. The van der Waals surface area contributed by atoms with Crippen molar-refractivity contribution in [2.75, 3.05) is 0 Å². The summed E-state index contributed by atoms with van der Waals surface area (Å²) in [5.74, 6) is 0. The Hall–Kier alpha value is -1.07. The third-order valence-electron chi connectivity index (χ3n) is 3.06. The lowest BCUT2D eigenvalue weighted by Crippen LogP contribution is -2.20. The van der Waals surface area contributed by atoms with Gasteiger partial charge in [0.15, 0.2) is 0 Å². The molecular weight excluding hydrogens is 246 g/mol. The molecule has 0 fully saturated rings. The van der Waals surface area contributed by atoms with E-state index >= 15 is 0 Å². The molecule has 2 heteroatoms. The van der Waals surface area contributed by atoms with Crippen molar-refractivity contribution in [3.05, 3.63) is 66.2 Å². The van der Waals surface area contributed by atoms with Crippen molar-refractivity contribution in [3.8, 4) is 0 Å². The Bertz CT molecular complexity index is 474. The van der Waals surface area contributed by atoms with Crippen molar-refractivity contribution in [2.45, 2.75) is 32.1 Å². The van der Waals surface area contributed by atoms with Gasteiger partial charge in [0.05, 0.1) is 0 Å². The first-order valence-electron chi connectivity index (χ1n) is 6.44. The summed E-state index contributed by atoms with van der Waals surface area (Å²) in [5.41, 5.74) is 1.45. The fourth-order valence-electron chi connectivity index (χ4n) is 2.09. The van der Waals surface area contributed by atoms with Crippen LogP contribution in [0.4, 0.5) is 0 Å². The standard InChI is InChI=1S/C17H21P.B/c1-17(2,3)18(16-12-8-5-9-13-16)14-15-10-6-4-7-11-15;/h4-13H,14H2,1-3H3;/t18-;/m0./s1. The van der Waals surface area contributed by atoms with Crippen molar-refractivity contribution >= 4 is 21.6 Å². The van der Waals surface area contributed by atoms with Gasteiger partial charge < -0.3 is 0 Å². The molecule has 0 amide bonds. The van der Waals surface area contributed by atoms with Gasteiger partial charge in [-0.15, -0.1) is 0 Å². The van der Waals surface area contributed by atoms with Crippen molar-refractivity contribution < 1.29 is 0 Å². The van der Waals surface area contributed by atoms with Crippen LogP contribution in [0.15, 0.2) is 60.7 Å². The van der Waals surface area contributed by atoms with E-state index in [0.29, 0.717) is 5.16 Å². The van der Waals surface area contributed by atoms with Crippen LogP contribution < -0.4 is 5.30 Å². The molecule has 0 aromatic heterocycles. The second kappa shape index (κ2) is 6.92. The maximum Gasteiger partial charge on any atom is 0 e. The summed E-state index contributed by atoms with van der Waals surface area (Å²) < 4.78 is 0. The average Bonchev–Trinajstić information content (AvgIpc) is 2.37. The number of hydrogen-bond acceptors (Lipinski definition) is 0. The Labute approximate surface area is 120 Å². The molecule has 0 N–H and O–H groups in total. The average molecular weight is 267 g/mol. The summed E-state index contributed by atoms with van der Waals surface area (Å²) in [6.07, 6.45) is 1.17. The maximum atomic E-state index is 2.36. The second-order valence-electron chi connectivity index (χ2n) is 5.58. The molecule has 0 aliphatic rings. The fourth-order valence-corrected chi connectivity index (χ4v) is 4.63. The summed E-state index contributed by atoms with van der Waals surface area (Å²) in [4.78, 5) is 0. The smallest absolute Gasteiger partial charge is 0 e. The van der Waals surface area contributed by atoms with Gasteiger partial charge in [-0.05, 0) is 22.2 Å². The highest BCUT2D eigenvalue weighted by molar-refractivity contribution is 7.66. The molecule has 2 rings (SSSR count). The summed E-state index contributed by atoms with van der Waals surface area (Å²) in [5, 5.41) is 1.84. The van der Waals surface area contributed by atoms with Gasteiger partial charge in [0.2, 0.25) is 0 Å². The lowest BCUT2D eigenvalue weighted by atomic mass is 10.2. The predicted molar refractivity (Wildman–Crippen MR) is 88.6 cm³/mol. The fraction of sp³-hybridized carbons (Fsp3) is 0.294. The molecule has 0 bridgehead atoms. The first-order chi connectivity index (χ1) is 8.57. The molecular formula is C17H21BP. The lowest BCUT2D eigenvalue weighted by molar-refractivity contribution is 0.785. The van der Waals surface area contributed by atoms with E-state index in [1.165, 1.54) is 17.0 Å². The monoisotopic (exact) mass is 267 g/mol. The van der Waals surface area contributed by atoms with Crippen LogP contribution in [0.5, 0.6) is 0 Å². The quantitative estimate of drug-likeness (QED) is 0.570. The van der Waals surface area contributed by atoms with E-state index in [2.05, 4.69) is 81.4 Å². The van der Waals surface area contributed by atoms with Gasteiger partial charge in [-0.2, -0.15) is 0 Å². The van der Waals surface area contributed by atoms with E-state index in [1.54, 1.807) is 0 Å². The topological polar surface area (TPSA) is 0 Å². The Morgan fingerprint density at radius 1 is 0.789 bits per heavy atom. The molecule has 0 aliphatic carbocycles. The van der Waals surface area contributed by atoms with Crippen LogP contribution in [-0.4, -0.2) is 13.6 Å². The van der Waals surface area contributed by atoms with Gasteiger partial charge in [-0.3, -0.25) is 0 Å². The van der Waals surface area contributed by atoms with Crippen LogP contribution in [-0.2, 0) is 6.16 Å². The summed E-state index contributed by atoms with van der Waals surface area (Å²) >= 11 is 0. The maximum absolute atomic E-state index is 2.36. The Balaban J connectivity index is 0.00000180. The van der Waals surface area contributed by atoms with E-state index in [9.17, 15) is 0 Å². The third-order valence-corrected chi connectivity index (χ3v) is 6.28. The highest BCUT2D eigenvalue weighted by Gasteiger charge is 2.25. The highest BCUT2D eigenvalue weighted by Crippen LogP contribution is 2.50. The van der Waals surface area contributed by atoms with Crippen molar-refractivity contribution in [3.63, 3.8) is 0 Å². The summed E-state index contributed by atoms with van der Waals surface area (Å²) in [6, 6.07) is 21.8. The minimum absolute atomic E-state index is 0. The van der Waals surface area contributed by atoms with E-state index in [-0.39, 0.29) is 16.3 Å². The van der Waals surface area contributed by atoms with Crippen molar-refractivity contribution in [1.29, 1.82) is 0 Å². The molecule has 0 spiro atoms. The molecule has 0 aliphatic heterocycles. The Morgan fingerprint density at radius 2 is 1.26 bits per heavy atom. The summed E-state index contributed by atoms with van der Waals surface area (Å²) in [7, 11) is -0.173. The zero-order valence-corrected chi connectivity index (χ0v) is 12.9. The van der Waals surface area contributed by atoms with Crippen LogP contribution in [0.3, 0.4) is 0 Å². The van der Waals surface area contributed by atoms with Gasteiger partial charge in [0.1, 0.15) is 0 Å². The normalized spacial score (nSPS) is 12.6. The molecule has 19 heavy (non-hydrogen) atoms. The van der Waals surface area contributed by atoms with Crippen molar-refractivity contribution in [1.82, 2.24) is 0 Å². The van der Waals surface area contributed by atoms with Crippen molar-refractivity contribution in [2.24, 2.45) is 0 Å². The minimum atomic E-state index is -0.173. The Morgan fingerprint density at radius 3 is 1.74 bits per heavy atom. The molecule has 97 valence electrons. The third kappa shape index (κ3) is 4.51. The first kappa shape index (κ1) is 16.0. The Kier molecular flexibility index (Phi) is 5.82. The SMILES string of the molecule is CC(C)(C)[P@@](Cc1ccccc1)c1ccccc1.[B]. The second-order valence-corrected chi connectivity index (χ2v) is 8.61. The molecule has 2 aromatic rings. The van der Waals surface area contributed by atoms with E-state index in [1.807, 2.05) is 0 Å². The zero-order valence-electron chi connectivity index (χ0n) is 12.0. The van der Waals surface area contributed by atoms with E-state index in [0.717, 1.165) is 0 Å². The summed E-state index contributed by atoms with van der Waals surface area (Å²) in [6.45, 7) is 7.07. The van der Waals surface area contributed by atoms with Gasteiger partial charge in [0.25, 0.3) is 0 Å². The van der Waals surface area contributed by atoms with E-state index < -0.39 is 0 Å². The molecule has 0 unspecified atom stereocenters. The van der Waals surface area contributed by atoms with Gasteiger partial charge in [-0.25, -0.2) is 0 Å². The van der Waals surface area contributed by atoms with Gasteiger partial charge >= 0.3 is 0 Å². The minimum Gasteiger partial charge on any atom is -0.0653 e. The van der Waals surface area contributed by atoms with E-state index in [4.69, 9.17) is 0 Å². The largest absolute Gasteiger partial charge is 0.0653 e. The molecule has 0 saturated heterocycles. The molecule has 1 atom stereocenters. The number of rotatable bonds is 3. The highest BCUT2D eigenvalue weighted by atomic mass is 31.1. The number of hydrogen-bond donors (Lipinski definition) is 0.